The lowest BCUT2D eigenvalue weighted by Crippen LogP contribution is -1.93. The van der Waals surface area contributed by atoms with Crippen molar-refractivity contribution in [1.29, 1.82) is 0 Å². The molecule has 7 aromatic carbocycles. The van der Waals surface area contributed by atoms with Crippen LogP contribution in [-0.4, -0.2) is 4.57 Å². The summed E-state index contributed by atoms with van der Waals surface area (Å²) in [4.78, 5) is 0. The number of benzene rings is 7. The van der Waals surface area contributed by atoms with Gasteiger partial charge in [-0.05, 0) is 88.6 Å². The number of hydrogen-bond donors (Lipinski definition) is 0. The molecule has 1 nitrogen and oxygen atoms in total. The number of rotatable bonds is 2. The van der Waals surface area contributed by atoms with Crippen molar-refractivity contribution in [3.05, 3.63) is 138 Å². The summed E-state index contributed by atoms with van der Waals surface area (Å²) in [6.45, 7) is 0. The van der Waals surface area contributed by atoms with E-state index in [0.717, 1.165) is 4.47 Å². The summed E-state index contributed by atoms with van der Waals surface area (Å²) in [7, 11) is 0. The Kier molecular flexibility index (Phi) is 5.24. The first-order valence-corrected chi connectivity index (χ1v) is 17.1. The highest BCUT2D eigenvalue weighted by molar-refractivity contribution is 9.10. The molecule has 0 aliphatic heterocycles. The maximum atomic E-state index is 3.65. The van der Waals surface area contributed by atoms with E-state index in [1.165, 1.54) is 89.7 Å². The molecular weight excluding hydrogens is 638 g/mol. The van der Waals surface area contributed by atoms with Crippen LogP contribution in [0.2, 0.25) is 0 Å². The van der Waals surface area contributed by atoms with Crippen LogP contribution in [0, 0.1) is 0 Å². The SMILES string of the molecule is Brc1ccc2c(c1)sc1cc(-c3ccc4c(c3)c3c5cc6c(cc5ccc3n4-c3ccccc3)sc3ccccc36)ccc12. The molecule has 0 N–H and O–H groups in total. The average Bonchev–Trinajstić information content (AvgIpc) is 3.72. The molecule has 44 heavy (non-hydrogen) atoms. The number of hydrogen-bond acceptors (Lipinski definition) is 2. The third-order valence-electron chi connectivity index (χ3n) is 9.03. The van der Waals surface area contributed by atoms with Crippen molar-refractivity contribution >= 4 is 112 Å². The van der Waals surface area contributed by atoms with Crippen LogP contribution in [0.15, 0.2) is 138 Å². The van der Waals surface area contributed by atoms with Crippen molar-refractivity contribution in [3.8, 4) is 16.8 Å². The van der Waals surface area contributed by atoms with Gasteiger partial charge in [-0.25, -0.2) is 0 Å². The Morgan fingerprint density at radius 3 is 2.02 bits per heavy atom. The molecule has 0 aliphatic rings. The van der Waals surface area contributed by atoms with E-state index in [1.54, 1.807) is 0 Å². The Bertz CT molecular complexity index is 2780. The molecule has 0 unspecified atom stereocenters. The molecule has 0 bridgehead atoms. The minimum absolute atomic E-state index is 1.12. The van der Waals surface area contributed by atoms with Crippen molar-refractivity contribution in [3.63, 3.8) is 0 Å². The standard InChI is InChI=1S/C40H22BrNS2/c41-26-13-15-30-29-14-10-24(19-37(29)44-39(30)21-26)23-11-16-34-33(18-23)40-31-22-32-28-8-4-5-9-36(28)43-38(32)20-25(31)12-17-35(40)42(34)27-6-2-1-3-7-27/h1-22H. The second kappa shape index (κ2) is 9.26. The third-order valence-corrected chi connectivity index (χ3v) is 11.8. The Balaban J connectivity index is 1.29. The van der Waals surface area contributed by atoms with Crippen LogP contribution in [-0.2, 0) is 0 Å². The molecule has 206 valence electrons. The summed E-state index contributed by atoms with van der Waals surface area (Å²) in [5.41, 5.74) is 6.13. The van der Waals surface area contributed by atoms with Gasteiger partial charge in [-0.2, -0.15) is 0 Å². The highest BCUT2D eigenvalue weighted by Gasteiger charge is 2.18. The first kappa shape index (κ1) is 24.9. The van der Waals surface area contributed by atoms with Gasteiger partial charge < -0.3 is 4.57 Å². The number of thiophene rings is 2. The molecule has 0 amide bonds. The molecule has 0 aliphatic carbocycles. The topological polar surface area (TPSA) is 4.93 Å². The smallest absolute Gasteiger partial charge is 0.0547 e. The molecule has 10 rings (SSSR count). The fourth-order valence-electron chi connectivity index (χ4n) is 7.03. The summed E-state index contributed by atoms with van der Waals surface area (Å²) in [6, 6.07) is 49.5. The zero-order chi connectivity index (χ0) is 28.9. The quantitative estimate of drug-likeness (QED) is 0.174. The molecule has 0 atom stereocenters. The molecule has 4 heteroatoms. The van der Waals surface area contributed by atoms with Crippen LogP contribution in [0.1, 0.15) is 0 Å². The molecular formula is C40H22BrNS2. The zero-order valence-corrected chi connectivity index (χ0v) is 26.6. The van der Waals surface area contributed by atoms with Crippen LogP contribution < -0.4 is 0 Å². The average molecular weight is 661 g/mol. The molecule has 0 radical (unpaired) electrons. The fraction of sp³-hybridized carbons (Fsp3) is 0. The fourth-order valence-corrected chi connectivity index (χ4v) is 9.86. The van der Waals surface area contributed by atoms with E-state index in [2.05, 4.69) is 154 Å². The highest BCUT2D eigenvalue weighted by atomic mass is 79.9. The molecule has 10 aromatic rings. The summed E-state index contributed by atoms with van der Waals surface area (Å²) >= 11 is 7.39. The predicted molar refractivity (Wildman–Crippen MR) is 197 cm³/mol. The second-order valence-electron chi connectivity index (χ2n) is 11.5. The highest BCUT2D eigenvalue weighted by Crippen LogP contribution is 2.43. The number of halogens is 1. The molecule has 3 aromatic heterocycles. The minimum atomic E-state index is 1.12. The maximum Gasteiger partial charge on any atom is 0.0547 e. The van der Waals surface area contributed by atoms with Gasteiger partial charge in [0.2, 0.25) is 0 Å². The van der Waals surface area contributed by atoms with Gasteiger partial charge in [-0.1, -0.05) is 82.7 Å². The first-order chi connectivity index (χ1) is 21.7. The monoisotopic (exact) mass is 659 g/mol. The Morgan fingerprint density at radius 1 is 0.432 bits per heavy atom. The van der Waals surface area contributed by atoms with E-state index < -0.39 is 0 Å². The minimum Gasteiger partial charge on any atom is -0.309 e. The van der Waals surface area contributed by atoms with E-state index in [0.29, 0.717) is 0 Å². The van der Waals surface area contributed by atoms with E-state index >= 15 is 0 Å². The van der Waals surface area contributed by atoms with Gasteiger partial charge in [0.05, 0.1) is 11.0 Å². The van der Waals surface area contributed by atoms with Crippen LogP contribution in [0.4, 0.5) is 0 Å². The Hall–Kier alpha value is -4.48. The molecule has 0 saturated heterocycles. The second-order valence-corrected chi connectivity index (χ2v) is 14.6. The van der Waals surface area contributed by atoms with Gasteiger partial charge in [-0.3, -0.25) is 0 Å². The zero-order valence-electron chi connectivity index (χ0n) is 23.3. The molecule has 0 fully saturated rings. The summed E-state index contributed by atoms with van der Waals surface area (Å²) in [5, 5.41) is 10.5. The van der Waals surface area contributed by atoms with Crippen LogP contribution in [0.3, 0.4) is 0 Å². The lowest BCUT2D eigenvalue weighted by Gasteiger charge is -2.08. The van der Waals surface area contributed by atoms with Gasteiger partial charge in [0.15, 0.2) is 0 Å². The molecule has 0 saturated carbocycles. The largest absolute Gasteiger partial charge is 0.309 e. The van der Waals surface area contributed by atoms with Gasteiger partial charge in [0.1, 0.15) is 0 Å². The van der Waals surface area contributed by atoms with E-state index in [4.69, 9.17) is 0 Å². The van der Waals surface area contributed by atoms with Gasteiger partial charge in [-0.15, -0.1) is 22.7 Å². The number of fused-ring (bicyclic) bond motifs is 11. The summed E-state index contributed by atoms with van der Waals surface area (Å²) in [6.07, 6.45) is 0. The van der Waals surface area contributed by atoms with Gasteiger partial charge >= 0.3 is 0 Å². The van der Waals surface area contributed by atoms with Crippen molar-refractivity contribution in [2.75, 3.05) is 0 Å². The van der Waals surface area contributed by atoms with Crippen LogP contribution in [0.5, 0.6) is 0 Å². The van der Waals surface area contributed by atoms with Gasteiger partial charge in [0.25, 0.3) is 0 Å². The van der Waals surface area contributed by atoms with E-state index in [9.17, 15) is 0 Å². The van der Waals surface area contributed by atoms with Crippen molar-refractivity contribution in [2.24, 2.45) is 0 Å². The number of aromatic nitrogens is 1. The van der Waals surface area contributed by atoms with Crippen molar-refractivity contribution in [2.45, 2.75) is 0 Å². The lowest BCUT2D eigenvalue weighted by molar-refractivity contribution is 1.18. The molecule has 0 spiro atoms. The van der Waals surface area contributed by atoms with Crippen molar-refractivity contribution in [1.82, 2.24) is 4.57 Å². The maximum absolute atomic E-state index is 3.65. The summed E-state index contributed by atoms with van der Waals surface area (Å²) in [5.74, 6) is 0. The first-order valence-electron chi connectivity index (χ1n) is 14.7. The normalized spacial score (nSPS) is 12.2. The van der Waals surface area contributed by atoms with Gasteiger partial charge in [0, 0.05) is 61.3 Å². The lowest BCUT2D eigenvalue weighted by atomic mass is 9.98. The number of para-hydroxylation sites is 1. The van der Waals surface area contributed by atoms with Crippen LogP contribution in [0.25, 0.3) is 89.7 Å². The molecule has 3 heterocycles. The van der Waals surface area contributed by atoms with Crippen LogP contribution >= 0.6 is 38.6 Å². The Morgan fingerprint density at radius 2 is 1.11 bits per heavy atom. The van der Waals surface area contributed by atoms with Crippen molar-refractivity contribution < 1.29 is 0 Å². The summed E-state index contributed by atoms with van der Waals surface area (Å²) < 4.78 is 8.86. The van der Waals surface area contributed by atoms with E-state index in [-0.39, 0.29) is 0 Å². The number of nitrogens with zero attached hydrogens (tertiary/aromatic N) is 1. The Labute approximate surface area is 269 Å². The van der Waals surface area contributed by atoms with E-state index in [1.807, 2.05) is 22.7 Å². The predicted octanol–water partition coefficient (Wildman–Crippen LogP) is 13.1. The third kappa shape index (κ3) is 3.56.